The fraction of sp³-hybridized carbons (Fsp3) is 0.950. The van der Waals surface area contributed by atoms with Crippen LogP contribution in [0.5, 0.6) is 0 Å². The zero-order valence-electron chi connectivity index (χ0n) is 14.9. The lowest BCUT2D eigenvalue weighted by Gasteiger charge is -2.53. The van der Waals surface area contributed by atoms with Gasteiger partial charge >= 0.3 is 5.97 Å². The van der Waals surface area contributed by atoms with Gasteiger partial charge in [-0.3, -0.25) is 4.79 Å². The van der Waals surface area contributed by atoms with Gasteiger partial charge in [0.15, 0.2) is 0 Å². The van der Waals surface area contributed by atoms with Gasteiger partial charge in [0.25, 0.3) is 0 Å². The third-order valence-electron chi connectivity index (χ3n) is 7.84. The molecule has 4 aliphatic rings. The van der Waals surface area contributed by atoms with Crippen molar-refractivity contribution in [1.29, 1.82) is 0 Å². The molecule has 0 N–H and O–H groups in total. The van der Waals surface area contributed by atoms with Crippen molar-refractivity contribution in [3.05, 3.63) is 0 Å². The minimum Gasteiger partial charge on any atom is -0.458 e. The largest absolute Gasteiger partial charge is 0.458 e. The summed E-state index contributed by atoms with van der Waals surface area (Å²) < 4.78 is 6.34. The minimum absolute atomic E-state index is 0.0481. The molecule has 0 radical (unpaired) electrons. The van der Waals surface area contributed by atoms with Crippen molar-refractivity contribution in [2.75, 3.05) is 0 Å². The van der Waals surface area contributed by atoms with Crippen molar-refractivity contribution in [1.82, 2.24) is 0 Å². The summed E-state index contributed by atoms with van der Waals surface area (Å²) in [6.07, 6.45) is 7.78. The van der Waals surface area contributed by atoms with Crippen molar-refractivity contribution in [2.24, 2.45) is 40.4 Å². The van der Waals surface area contributed by atoms with Gasteiger partial charge < -0.3 is 4.74 Å². The summed E-state index contributed by atoms with van der Waals surface area (Å²) in [5.74, 6) is 3.74. The highest BCUT2D eigenvalue weighted by molar-refractivity contribution is 5.76. The molecule has 4 rings (SSSR count). The first kappa shape index (κ1) is 15.0. The molecule has 0 amide bonds. The summed E-state index contributed by atoms with van der Waals surface area (Å²) in [5.41, 5.74) is 0.0511. The average Bonchev–Trinajstić information content (AvgIpc) is 2.64. The van der Waals surface area contributed by atoms with E-state index in [-0.39, 0.29) is 17.0 Å². The summed E-state index contributed by atoms with van der Waals surface area (Å²) in [5, 5.41) is 0. The molecule has 3 bridgehead atoms. The van der Waals surface area contributed by atoms with Crippen molar-refractivity contribution in [3.8, 4) is 0 Å². The van der Waals surface area contributed by atoms with Crippen molar-refractivity contribution in [3.63, 3.8) is 0 Å². The maximum Gasteiger partial charge on any atom is 0.312 e. The summed E-state index contributed by atoms with van der Waals surface area (Å²) in [4.78, 5) is 12.9. The van der Waals surface area contributed by atoms with Crippen LogP contribution in [0.3, 0.4) is 0 Å². The SMILES string of the molecule is CC(C)CC(C)(C)C(=O)OC1(C)C2CC3CC4CC1C4(C3)C2. The Morgan fingerprint density at radius 1 is 1.18 bits per heavy atom. The molecule has 6 unspecified atom stereocenters. The summed E-state index contributed by atoms with van der Waals surface area (Å²) in [6.45, 7) is 10.8. The van der Waals surface area contributed by atoms with Crippen LogP contribution >= 0.6 is 0 Å². The molecule has 4 fully saturated rings. The topological polar surface area (TPSA) is 26.3 Å². The molecule has 124 valence electrons. The highest BCUT2D eigenvalue weighted by Crippen LogP contribution is 2.78. The predicted octanol–water partition coefficient (Wildman–Crippen LogP) is 4.82. The van der Waals surface area contributed by atoms with E-state index in [9.17, 15) is 4.79 Å². The molecular weight excluding hydrogens is 272 g/mol. The Labute approximate surface area is 135 Å². The molecule has 0 aromatic heterocycles. The molecule has 4 saturated carbocycles. The fourth-order valence-electron chi connectivity index (χ4n) is 7.18. The number of fused-ring (bicyclic) bond motifs is 2. The normalized spacial score (nSPS) is 48.5. The third kappa shape index (κ3) is 1.76. The zero-order chi connectivity index (χ0) is 15.9. The Hall–Kier alpha value is -0.530. The number of ether oxygens (including phenoxy) is 1. The smallest absolute Gasteiger partial charge is 0.312 e. The number of carbonyl (C=O) groups excluding carboxylic acids is 1. The van der Waals surface area contributed by atoms with Crippen LogP contribution in [0, 0.1) is 40.4 Å². The highest BCUT2D eigenvalue weighted by Gasteiger charge is 2.75. The fourth-order valence-corrected chi connectivity index (χ4v) is 7.18. The third-order valence-corrected chi connectivity index (χ3v) is 7.84. The Morgan fingerprint density at radius 3 is 2.55 bits per heavy atom. The lowest BCUT2D eigenvalue weighted by molar-refractivity contribution is -0.190. The van der Waals surface area contributed by atoms with E-state index in [0.29, 0.717) is 23.2 Å². The first-order valence-electron chi connectivity index (χ1n) is 9.41. The van der Waals surface area contributed by atoms with Crippen molar-refractivity contribution in [2.45, 2.75) is 78.7 Å². The van der Waals surface area contributed by atoms with Crippen LogP contribution in [0.4, 0.5) is 0 Å². The number of hydrogen-bond acceptors (Lipinski definition) is 2. The van der Waals surface area contributed by atoms with E-state index in [1.165, 1.54) is 32.1 Å². The second-order valence-corrected chi connectivity index (χ2v) is 10.2. The van der Waals surface area contributed by atoms with Gasteiger partial charge in [-0.15, -0.1) is 0 Å². The average molecular weight is 304 g/mol. The van der Waals surface area contributed by atoms with Crippen LogP contribution < -0.4 is 0 Å². The Balaban J connectivity index is 1.55. The van der Waals surface area contributed by atoms with Crippen molar-refractivity contribution >= 4 is 5.97 Å². The number of hydrogen-bond donors (Lipinski definition) is 0. The summed E-state index contributed by atoms with van der Waals surface area (Å²) in [6, 6.07) is 0. The lowest BCUT2D eigenvalue weighted by Crippen LogP contribution is -2.53. The van der Waals surface area contributed by atoms with Gasteiger partial charge in [0.05, 0.1) is 5.41 Å². The molecule has 2 heteroatoms. The second-order valence-electron chi connectivity index (χ2n) is 10.2. The number of esters is 1. The lowest BCUT2D eigenvalue weighted by atomic mass is 9.54. The summed E-state index contributed by atoms with van der Waals surface area (Å²) in [7, 11) is 0. The first-order chi connectivity index (χ1) is 10.2. The van der Waals surface area contributed by atoms with Crippen molar-refractivity contribution < 1.29 is 9.53 Å². The van der Waals surface area contributed by atoms with Crippen LogP contribution in [-0.2, 0) is 9.53 Å². The van der Waals surface area contributed by atoms with Crippen LogP contribution in [0.1, 0.15) is 73.1 Å². The van der Waals surface area contributed by atoms with Gasteiger partial charge in [0.1, 0.15) is 5.60 Å². The number of carbonyl (C=O) groups is 1. The molecular formula is C20H32O2. The van der Waals surface area contributed by atoms with Gasteiger partial charge in [-0.05, 0) is 88.4 Å². The standard InChI is InChI=1S/C20H32O2/c1-12(2)9-18(3,4)17(21)22-19(5)15-7-13-6-14-8-16(19)20(14,10-13)11-15/h12-16H,6-11H2,1-5H3. The monoisotopic (exact) mass is 304 g/mol. The molecule has 0 heterocycles. The second kappa shape index (κ2) is 4.30. The molecule has 0 saturated heterocycles. The van der Waals surface area contributed by atoms with E-state index in [0.717, 1.165) is 18.3 Å². The van der Waals surface area contributed by atoms with Crippen LogP contribution in [0.2, 0.25) is 0 Å². The van der Waals surface area contributed by atoms with E-state index in [1.54, 1.807) is 0 Å². The van der Waals surface area contributed by atoms with Gasteiger partial charge in [0.2, 0.25) is 0 Å². The van der Waals surface area contributed by atoms with E-state index in [2.05, 4.69) is 34.6 Å². The van der Waals surface area contributed by atoms with Crippen LogP contribution in [-0.4, -0.2) is 11.6 Å². The summed E-state index contributed by atoms with van der Waals surface area (Å²) >= 11 is 0. The van der Waals surface area contributed by atoms with E-state index >= 15 is 0 Å². The number of rotatable bonds is 4. The molecule has 0 aromatic rings. The maximum atomic E-state index is 12.9. The molecule has 6 atom stereocenters. The molecule has 22 heavy (non-hydrogen) atoms. The quantitative estimate of drug-likeness (QED) is 0.696. The Bertz CT molecular complexity index is 508. The van der Waals surface area contributed by atoms with E-state index in [4.69, 9.17) is 4.74 Å². The Morgan fingerprint density at radius 2 is 1.86 bits per heavy atom. The van der Waals surface area contributed by atoms with Gasteiger partial charge in [0, 0.05) is 5.92 Å². The zero-order valence-corrected chi connectivity index (χ0v) is 14.9. The van der Waals surface area contributed by atoms with Crippen LogP contribution in [0.25, 0.3) is 0 Å². The molecule has 4 aliphatic carbocycles. The maximum absolute atomic E-state index is 12.9. The molecule has 0 aliphatic heterocycles. The first-order valence-corrected chi connectivity index (χ1v) is 9.41. The molecule has 1 spiro atoms. The van der Waals surface area contributed by atoms with Crippen LogP contribution in [0.15, 0.2) is 0 Å². The van der Waals surface area contributed by atoms with Gasteiger partial charge in [-0.2, -0.15) is 0 Å². The van der Waals surface area contributed by atoms with Gasteiger partial charge in [-0.25, -0.2) is 0 Å². The van der Waals surface area contributed by atoms with E-state index in [1.807, 2.05) is 0 Å². The Kier molecular flexibility index (Phi) is 2.94. The molecule has 2 nitrogen and oxygen atoms in total. The van der Waals surface area contributed by atoms with Gasteiger partial charge in [-0.1, -0.05) is 13.8 Å². The molecule has 0 aromatic carbocycles. The van der Waals surface area contributed by atoms with E-state index < -0.39 is 0 Å². The minimum atomic E-state index is -0.353. The predicted molar refractivity (Wildman–Crippen MR) is 87.2 cm³/mol. The highest BCUT2D eigenvalue weighted by atomic mass is 16.6.